The number of halogens is 1. The molecule has 1 aliphatic carbocycles. The van der Waals surface area contributed by atoms with Gasteiger partial charge in [0.15, 0.2) is 0 Å². The van der Waals surface area contributed by atoms with Crippen LogP contribution in [0.1, 0.15) is 50.5 Å². The molecule has 6 heteroatoms. The maximum absolute atomic E-state index is 12.2. The molecule has 1 aliphatic rings. The highest BCUT2D eigenvalue weighted by Crippen LogP contribution is 2.17. The van der Waals surface area contributed by atoms with Crippen LogP contribution in [-0.4, -0.2) is 36.5 Å². The summed E-state index contributed by atoms with van der Waals surface area (Å²) in [5.74, 6) is 0.0504. The van der Waals surface area contributed by atoms with Crippen LogP contribution < -0.4 is 10.6 Å². The van der Waals surface area contributed by atoms with Gasteiger partial charge in [-0.05, 0) is 30.9 Å². The molecule has 1 aromatic carbocycles. The Labute approximate surface area is 155 Å². The highest BCUT2D eigenvalue weighted by molar-refractivity contribution is 6.31. The Morgan fingerprint density at radius 3 is 2.64 bits per heavy atom. The van der Waals surface area contributed by atoms with Gasteiger partial charge < -0.3 is 15.5 Å². The summed E-state index contributed by atoms with van der Waals surface area (Å²) in [7, 11) is 1.77. The molecule has 1 aromatic rings. The van der Waals surface area contributed by atoms with E-state index in [1.54, 1.807) is 11.9 Å². The van der Waals surface area contributed by atoms with Gasteiger partial charge in [-0.3, -0.25) is 4.79 Å². The number of nitrogens with one attached hydrogen (secondary N) is 2. The minimum absolute atomic E-state index is 0.0504. The second-order valence-corrected chi connectivity index (χ2v) is 7.09. The molecule has 0 aliphatic heterocycles. The van der Waals surface area contributed by atoms with Crippen LogP contribution in [-0.2, 0) is 11.3 Å². The molecule has 0 bridgehead atoms. The summed E-state index contributed by atoms with van der Waals surface area (Å²) in [5.41, 5.74) is 0.935. The molecule has 0 radical (unpaired) electrons. The van der Waals surface area contributed by atoms with Crippen molar-refractivity contribution in [3.8, 4) is 0 Å². The van der Waals surface area contributed by atoms with Crippen LogP contribution in [0.3, 0.4) is 0 Å². The van der Waals surface area contributed by atoms with Crippen LogP contribution in [0.5, 0.6) is 0 Å². The normalized spacial score (nSPS) is 14.8. The lowest BCUT2D eigenvalue weighted by atomic mass is 9.96. The fourth-order valence-electron chi connectivity index (χ4n) is 3.09. The Balaban J connectivity index is 1.61. The van der Waals surface area contributed by atoms with Crippen molar-refractivity contribution in [2.75, 3.05) is 13.6 Å². The minimum atomic E-state index is -0.122. The topological polar surface area (TPSA) is 61.4 Å². The van der Waals surface area contributed by atoms with Crippen molar-refractivity contribution in [3.05, 3.63) is 34.9 Å². The largest absolute Gasteiger partial charge is 0.341 e. The lowest BCUT2D eigenvalue weighted by Gasteiger charge is -2.23. The first kappa shape index (κ1) is 19.6. The molecule has 0 heterocycles. The van der Waals surface area contributed by atoms with Crippen molar-refractivity contribution in [2.24, 2.45) is 0 Å². The van der Waals surface area contributed by atoms with Crippen LogP contribution in [0.15, 0.2) is 24.3 Å². The van der Waals surface area contributed by atoms with E-state index >= 15 is 0 Å². The number of benzene rings is 1. The molecule has 25 heavy (non-hydrogen) atoms. The Kier molecular flexibility index (Phi) is 8.06. The molecule has 0 saturated heterocycles. The lowest BCUT2D eigenvalue weighted by molar-refractivity contribution is -0.130. The number of hydrogen-bond donors (Lipinski definition) is 2. The van der Waals surface area contributed by atoms with Gasteiger partial charge in [-0.1, -0.05) is 49.1 Å². The average Bonchev–Trinajstić information content (AvgIpc) is 2.61. The van der Waals surface area contributed by atoms with Gasteiger partial charge in [0.25, 0.3) is 0 Å². The van der Waals surface area contributed by atoms with Gasteiger partial charge in [-0.2, -0.15) is 0 Å². The van der Waals surface area contributed by atoms with E-state index in [1.165, 1.54) is 19.3 Å². The molecular weight excluding hydrogens is 338 g/mol. The molecule has 1 saturated carbocycles. The van der Waals surface area contributed by atoms with Gasteiger partial charge in [0.1, 0.15) is 0 Å². The Morgan fingerprint density at radius 2 is 1.92 bits per heavy atom. The molecule has 138 valence electrons. The fourth-order valence-corrected chi connectivity index (χ4v) is 3.28. The summed E-state index contributed by atoms with van der Waals surface area (Å²) in [4.78, 5) is 25.7. The highest BCUT2D eigenvalue weighted by Gasteiger charge is 2.15. The molecule has 0 atom stereocenters. The number of rotatable bonds is 7. The van der Waals surface area contributed by atoms with Gasteiger partial charge in [0, 0.05) is 37.6 Å². The van der Waals surface area contributed by atoms with Crippen LogP contribution in [0, 0.1) is 0 Å². The third-order valence-corrected chi connectivity index (χ3v) is 4.95. The van der Waals surface area contributed by atoms with E-state index in [1.807, 2.05) is 24.3 Å². The maximum atomic E-state index is 12.2. The van der Waals surface area contributed by atoms with Gasteiger partial charge in [-0.15, -0.1) is 0 Å². The van der Waals surface area contributed by atoms with Crippen molar-refractivity contribution in [2.45, 2.75) is 57.5 Å². The van der Waals surface area contributed by atoms with E-state index in [0.29, 0.717) is 37.0 Å². The smallest absolute Gasteiger partial charge is 0.315 e. The molecule has 0 unspecified atom stereocenters. The first-order valence-corrected chi connectivity index (χ1v) is 9.46. The van der Waals surface area contributed by atoms with Gasteiger partial charge in [0.2, 0.25) is 5.91 Å². The van der Waals surface area contributed by atoms with Crippen molar-refractivity contribution in [3.63, 3.8) is 0 Å². The third-order valence-electron chi connectivity index (χ3n) is 4.58. The second kappa shape index (κ2) is 10.3. The van der Waals surface area contributed by atoms with E-state index in [0.717, 1.165) is 18.4 Å². The summed E-state index contributed by atoms with van der Waals surface area (Å²) >= 11 is 6.12. The first-order valence-electron chi connectivity index (χ1n) is 9.08. The SMILES string of the molecule is CN(Cc1ccccc1Cl)C(=O)CCCNC(=O)NC1CCCCC1. The Bertz CT molecular complexity index is 574. The molecule has 0 spiro atoms. The summed E-state index contributed by atoms with van der Waals surface area (Å²) in [6.45, 7) is 0.998. The zero-order valence-electron chi connectivity index (χ0n) is 14.9. The Hall–Kier alpha value is -1.75. The predicted molar refractivity (Wildman–Crippen MR) is 101 cm³/mol. The van der Waals surface area contributed by atoms with E-state index < -0.39 is 0 Å². The van der Waals surface area contributed by atoms with Gasteiger partial charge in [0.05, 0.1) is 0 Å². The third kappa shape index (κ3) is 6.94. The predicted octanol–water partition coefficient (Wildman–Crippen LogP) is 3.71. The minimum Gasteiger partial charge on any atom is -0.341 e. The quantitative estimate of drug-likeness (QED) is 0.723. The second-order valence-electron chi connectivity index (χ2n) is 6.68. The van der Waals surface area contributed by atoms with Crippen LogP contribution in [0.4, 0.5) is 4.79 Å². The molecule has 0 aromatic heterocycles. The molecule has 2 N–H and O–H groups in total. The maximum Gasteiger partial charge on any atom is 0.315 e. The summed E-state index contributed by atoms with van der Waals surface area (Å²) in [5, 5.41) is 6.52. The first-order chi connectivity index (χ1) is 12.1. The van der Waals surface area contributed by atoms with Crippen molar-refractivity contribution in [1.29, 1.82) is 0 Å². The van der Waals surface area contributed by atoms with E-state index in [4.69, 9.17) is 11.6 Å². The number of urea groups is 1. The zero-order chi connectivity index (χ0) is 18.1. The lowest BCUT2D eigenvalue weighted by Crippen LogP contribution is -2.43. The summed E-state index contributed by atoms with van der Waals surface area (Å²) in [6, 6.07) is 7.71. The average molecular weight is 366 g/mol. The van der Waals surface area contributed by atoms with Crippen molar-refractivity contribution >= 4 is 23.5 Å². The standard InChI is InChI=1S/C19H28ClN3O2/c1-23(14-15-8-5-6-11-17(15)20)18(24)12-7-13-21-19(25)22-16-9-3-2-4-10-16/h5-6,8,11,16H,2-4,7,9-10,12-14H2,1H3,(H2,21,22,25). The Morgan fingerprint density at radius 1 is 1.20 bits per heavy atom. The van der Waals surface area contributed by atoms with E-state index in [9.17, 15) is 9.59 Å². The summed E-state index contributed by atoms with van der Waals surface area (Å²) in [6.07, 6.45) is 6.82. The highest BCUT2D eigenvalue weighted by atomic mass is 35.5. The monoisotopic (exact) mass is 365 g/mol. The number of carbonyl (C=O) groups excluding carboxylic acids is 2. The number of amides is 3. The van der Waals surface area contributed by atoms with E-state index in [2.05, 4.69) is 10.6 Å². The van der Waals surface area contributed by atoms with Crippen molar-refractivity contribution < 1.29 is 9.59 Å². The van der Waals surface area contributed by atoms with Gasteiger partial charge in [-0.25, -0.2) is 4.79 Å². The number of nitrogens with zero attached hydrogens (tertiary/aromatic N) is 1. The molecule has 5 nitrogen and oxygen atoms in total. The van der Waals surface area contributed by atoms with Crippen molar-refractivity contribution in [1.82, 2.24) is 15.5 Å². The zero-order valence-corrected chi connectivity index (χ0v) is 15.6. The van der Waals surface area contributed by atoms with E-state index in [-0.39, 0.29) is 11.9 Å². The van der Waals surface area contributed by atoms with Crippen LogP contribution in [0.2, 0.25) is 5.02 Å². The molecule has 2 rings (SSSR count). The molecule has 3 amide bonds. The van der Waals surface area contributed by atoms with Gasteiger partial charge >= 0.3 is 6.03 Å². The fraction of sp³-hybridized carbons (Fsp3) is 0.579. The van der Waals surface area contributed by atoms with Crippen LogP contribution >= 0.6 is 11.6 Å². The van der Waals surface area contributed by atoms with Crippen LogP contribution in [0.25, 0.3) is 0 Å². The number of hydrogen-bond acceptors (Lipinski definition) is 2. The number of carbonyl (C=O) groups is 2. The summed E-state index contributed by atoms with van der Waals surface area (Å²) < 4.78 is 0. The molecular formula is C19H28ClN3O2. The molecule has 1 fully saturated rings.